The average Bonchev–Trinajstić information content (AvgIpc) is 3.83. The molecule has 0 fully saturated rings. The van der Waals surface area contributed by atoms with Crippen LogP contribution in [0.15, 0.2) is 256 Å². The third kappa shape index (κ3) is 11.3. The van der Waals surface area contributed by atoms with Crippen molar-refractivity contribution in [3.05, 3.63) is 278 Å². The number of rotatable bonds is 21. The number of ether oxygens (including phenoxy) is 2. The Kier molecular flexibility index (Phi) is 15.1. The maximum atomic E-state index is 6.02. The summed E-state index contributed by atoms with van der Waals surface area (Å²) >= 11 is 0. The Hall–Kier alpha value is -9.12. The van der Waals surface area contributed by atoms with Crippen molar-refractivity contribution in [3.8, 4) is 50.6 Å². The maximum Gasteiger partial charge on any atom is 0.119 e. The number of aromatic nitrogens is 1. The van der Waals surface area contributed by atoms with Gasteiger partial charge in [0.1, 0.15) is 11.5 Å². The number of nitrogens with zero attached hydrogens (tertiary/aromatic N) is 2. The lowest BCUT2D eigenvalue weighted by Gasteiger charge is -2.26. The predicted molar refractivity (Wildman–Crippen MR) is 322 cm³/mol. The van der Waals surface area contributed by atoms with Gasteiger partial charge >= 0.3 is 0 Å². The zero-order chi connectivity index (χ0) is 51.5. The molecule has 0 aliphatic carbocycles. The lowest BCUT2D eigenvalue weighted by Crippen LogP contribution is -2.10. The molecule has 0 aliphatic rings. The molecule has 0 unspecified atom stereocenters. The van der Waals surface area contributed by atoms with Gasteiger partial charge in [0.15, 0.2) is 0 Å². The molecule has 372 valence electrons. The first-order valence-electron chi connectivity index (χ1n) is 26.7. The first kappa shape index (κ1) is 49.1. The molecule has 1 aromatic heterocycles. The fourth-order valence-corrected chi connectivity index (χ4v) is 10.2. The second-order valence-corrected chi connectivity index (χ2v) is 19.5. The lowest BCUT2D eigenvalue weighted by molar-refractivity contribution is 0.307. The van der Waals surface area contributed by atoms with Gasteiger partial charge in [-0.15, -0.1) is 0 Å². The fourth-order valence-electron chi connectivity index (χ4n) is 10.2. The van der Waals surface area contributed by atoms with Crippen LogP contribution in [-0.2, 0) is 12.8 Å². The maximum absolute atomic E-state index is 6.02. The first-order chi connectivity index (χ1) is 37.6. The molecule has 0 saturated carbocycles. The SMILES string of the molecule is C=Cc1ccc(OCCCCc2ccc(-c3ccc4c(c3)c3cc(-c5ccc(N(c6ccc(CCCCOc7ccc(C=C)cc7)cc6)c6ccc(-c7ccccc7)cc6)cc5)ccc3n4-c3ccccc3)cc2)cc1. The number of unbranched alkanes of at least 4 members (excludes halogenated alkanes) is 2. The van der Waals surface area contributed by atoms with Gasteiger partial charge in [-0.25, -0.2) is 0 Å². The Balaban J connectivity index is 0.834. The van der Waals surface area contributed by atoms with Gasteiger partial charge in [-0.1, -0.05) is 171 Å². The highest BCUT2D eigenvalue weighted by Gasteiger charge is 2.17. The number of anilines is 3. The van der Waals surface area contributed by atoms with E-state index >= 15 is 0 Å². The second-order valence-electron chi connectivity index (χ2n) is 19.5. The molecule has 11 aromatic rings. The molecule has 0 spiro atoms. The fraction of sp³-hybridized carbons (Fsp3) is 0.111. The minimum Gasteiger partial charge on any atom is -0.494 e. The monoisotopic (exact) mass is 986 g/mol. The van der Waals surface area contributed by atoms with Crippen molar-refractivity contribution in [1.82, 2.24) is 4.57 Å². The Bertz CT molecular complexity index is 3670. The zero-order valence-electron chi connectivity index (χ0n) is 43.0. The minimum absolute atomic E-state index is 0.697. The first-order valence-corrected chi connectivity index (χ1v) is 26.7. The van der Waals surface area contributed by atoms with E-state index in [0.717, 1.165) is 83.9 Å². The molecular weight excluding hydrogens is 925 g/mol. The van der Waals surface area contributed by atoms with E-state index in [2.05, 4.69) is 217 Å². The summed E-state index contributed by atoms with van der Waals surface area (Å²) in [5.41, 5.74) is 18.8. The van der Waals surface area contributed by atoms with Gasteiger partial charge in [0.05, 0.1) is 24.2 Å². The van der Waals surface area contributed by atoms with Gasteiger partial charge in [-0.3, -0.25) is 0 Å². The highest BCUT2D eigenvalue weighted by molar-refractivity contribution is 6.11. The summed E-state index contributed by atoms with van der Waals surface area (Å²) in [6.07, 6.45) is 9.82. The average molecular weight is 987 g/mol. The van der Waals surface area contributed by atoms with E-state index in [0.29, 0.717) is 13.2 Å². The minimum atomic E-state index is 0.697. The van der Waals surface area contributed by atoms with Gasteiger partial charge in [-0.2, -0.15) is 0 Å². The number of para-hydroxylation sites is 1. The van der Waals surface area contributed by atoms with Crippen LogP contribution in [0.5, 0.6) is 11.5 Å². The summed E-state index contributed by atoms with van der Waals surface area (Å²) in [5.74, 6) is 1.81. The van der Waals surface area contributed by atoms with Crippen LogP contribution < -0.4 is 14.4 Å². The van der Waals surface area contributed by atoms with Crippen LogP contribution in [0.3, 0.4) is 0 Å². The van der Waals surface area contributed by atoms with Gasteiger partial charge in [0.2, 0.25) is 0 Å². The third-order valence-electron chi connectivity index (χ3n) is 14.4. The zero-order valence-corrected chi connectivity index (χ0v) is 43.0. The standard InChI is InChI=1S/C72H62N2O2/c1-3-53-25-43-67(44-26-53)75-49-13-11-15-55-21-29-59(30-22-55)61-35-47-71-69(51-61)70-52-62(36-48-72(70)74(71)63-19-9-6-10-20-63)60-33-41-66(42-34-60)73(65-39-31-58(32-40-65)57-17-7-5-8-18-57)64-37-23-56(24-38-64)16-12-14-50-76-68-45-27-54(4-2)28-46-68/h3-10,17-48,51-52H,1-2,11-16,49-50H2. The summed E-state index contributed by atoms with van der Waals surface area (Å²) in [6, 6.07) is 87.5. The van der Waals surface area contributed by atoms with Crippen LogP contribution in [0.25, 0.3) is 73.0 Å². The number of hydrogen-bond acceptors (Lipinski definition) is 3. The normalized spacial score (nSPS) is 11.2. The van der Waals surface area contributed by atoms with E-state index in [1.165, 1.54) is 66.3 Å². The van der Waals surface area contributed by atoms with Gasteiger partial charge in [0, 0.05) is 33.5 Å². The van der Waals surface area contributed by atoms with E-state index < -0.39 is 0 Å². The molecule has 0 atom stereocenters. The van der Waals surface area contributed by atoms with Crippen molar-refractivity contribution in [2.75, 3.05) is 18.1 Å². The Labute approximate surface area is 448 Å². The Morgan fingerprint density at radius 3 is 1.17 bits per heavy atom. The summed E-state index contributed by atoms with van der Waals surface area (Å²) in [7, 11) is 0. The van der Waals surface area contributed by atoms with E-state index in [1.54, 1.807) is 0 Å². The van der Waals surface area contributed by atoms with Crippen LogP contribution >= 0.6 is 0 Å². The number of benzene rings is 10. The lowest BCUT2D eigenvalue weighted by atomic mass is 9.98. The Morgan fingerprint density at radius 2 is 0.724 bits per heavy atom. The quantitative estimate of drug-likeness (QED) is 0.0671. The van der Waals surface area contributed by atoms with E-state index in [4.69, 9.17) is 9.47 Å². The smallest absolute Gasteiger partial charge is 0.119 e. The molecule has 11 rings (SSSR count). The molecule has 0 amide bonds. The van der Waals surface area contributed by atoms with Crippen LogP contribution in [0.2, 0.25) is 0 Å². The summed E-state index contributed by atoms with van der Waals surface area (Å²) in [5, 5.41) is 2.46. The highest BCUT2D eigenvalue weighted by Crippen LogP contribution is 2.40. The molecule has 76 heavy (non-hydrogen) atoms. The molecule has 0 radical (unpaired) electrons. The van der Waals surface area contributed by atoms with Crippen molar-refractivity contribution in [2.24, 2.45) is 0 Å². The topological polar surface area (TPSA) is 26.6 Å². The largest absolute Gasteiger partial charge is 0.494 e. The molecule has 0 aliphatic heterocycles. The van der Waals surface area contributed by atoms with Gasteiger partial charge in [-0.05, 0) is 191 Å². The second kappa shape index (κ2) is 23.4. The Morgan fingerprint density at radius 1 is 0.355 bits per heavy atom. The van der Waals surface area contributed by atoms with Crippen molar-refractivity contribution in [1.29, 1.82) is 0 Å². The molecule has 10 aromatic carbocycles. The number of aryl methyl sites for hydroxylation is 2. The number of hydrogen-bond donors (Lipinski definition) is 0. The molecule has 0 N–H and O–H groups in total. The van der Waals surface area contributed by atoms with E-state index in [-0.39, 0.29) is 0 Å². The van der Waals surface area contributed by atoms with Crippen molar-refractivity contribution < 1.29 is 9.47 Å². The van der Waals surface area contributed by atoms with Crippen molar-refractivity contribution >= 4 is 51.0 Å². The molecule has 4 nitrogen and oxygen atoms in total. The van der Waals surface area contributed by atoms with Crippen LogP contribution in [0.1, 0.15) is 47.9 Å². The molecule has 0 saturated heterocycles. The number of fused-ring (bicyclic) bond motifs is 3. The van der Waals surface area contributed by atoms with E-state index in [9.17, 15) is 0 Å². The van der Waals surface area contributed by atoms with Gasteiger partial charge in [0.25, 0.3) is 0 Å². The van der Waals surface area contributed by atoms with Crippen LogP contribution in [-0.4, -0.2) is 17.8 Å². The van der Waals surface area contributed by atoms with Gasteiger partial charge < -0.3 is 18.9 Å². The third-order valence-corrected chi connectivity index (χ3v) is 14.4. The molecule has 0 bridgehead atoms. The summed E-state index contributed by atoms with van der Waals surface area (Å²) < 4.78 is 14.4. The van der Waals surface area contributed by atoms with Crippen molar-refractivity contribution in [3.63, 3.8) is 0 Å². The summed E-state index contributed by atoms with van der Waals surface area (Å²) in [4.78, 5) is 2.36. The van der Waals surface area contributed by atoms with Crippen LogP contribution in [0.4, 0.5) is 17.1 Å². The predicted octanol–water partition coefficient (Wildman–Crippen LogP) is 19.3. The van der Waals surface area contributed by atoms with Crippen molar-refractivity contribution in [2.45, 2.75) is 38.5 Å². The summed E-state index contributed by atoms with van der Waals surface area (Å²) in [6.45, 7) is 9.09. The molecule has 1 heterocycles. The van der Waals surface area contributed by atoms with Crippen LogP contribution in [0, 0.1) is 0 Å². The van der Waals surface area contributed by atoms with E-state index in [1.807, 2.05) is 60.7 Å². The molecular formula is C72H62N2O2. The highest BCUT2D eigenvalue weighted by atomic mass is 16.5. The molecule has 4 heteroatoms.